The van der Waals surface area contributed by atoms with Gasteiger partial charge in [-0.05, 0) is 25.1 Å². The quantitative estimate of drug-likeness (QED) is 0.851. The number of carbonyl (C=O) groups excluding carboxylic acids is 1. The third kappa shape index (κ3) is 3.02. The van der Waals surface area contributed by atoms with Gasteiger partial charge in [0.05, 0.1) is 13.2 Å². The molecule has 0 saturated carbocycles. The monoisotopic (exact) mass is 299 g/mol. The maximum absolute atomic E-state index is 13.9. The van der Waals surface area contributed by atoms with Crippen molar-refractivity contribution in [1.82, 2.24) is 4.90 Å². The number of halogens is 1. The van der Waals surface area contributed by atoms with Crippen molar-refractivity contribution < 1.29 is 13.9 Å². The number of hydrogen-bond acceptors (Lipinski definition) is 2. The van der Waals surface area contributed by atoms with Crippen LogP contribution in [-0.4, -0.2) is 30.5 Å². The maximum Gasteiger partial charge on any atom is 0.254 e. The molecule has 0 radical (unpaired) electrons. The van der Waals surface area contributed by atoms with Crippen LogP contribution in [-0.2, 0) is 4.74 Å². The Labute approximate surface area is 129 Å². The van der Waals surface area contributed by atoms with Crippen LogP contribution < -0.4 is 0 Å². The average Bonchev–Trinajstić information content (AvgIpc) is 2.55. The zero-order chi connectivity index (χ0) is 15.5. The number of amides is 1. The molecule has 0 spiro atoms. The normalized spacial score (nSPS) is 18.3. The Bertz CT molecular complexity index is 669. The van der Waals surface area contributed by atoms with Crippen molar-refractivity contribution >= 4 is 5.91 Å². The molecule has 114 valence electrons. The van der Waals surface area contributed by atoms with E-state index in [1.807, 2.05) is 31.2 Å². The summed E-state index contributed by atoms with van der Waals surface area (Å²) in [5.41, 5.74) is 2.27. The molecule has 3 nitrogen and oxygen atoms in total. The zero-order valence-corrected chi connectivity index (χ0v) is 12.5. The van der Waals surface area contributed by atoms with Gasteiger partial charge < -0.3 is 9.64 Å². The lowest BCUT2D eigenvalue weighted by Gasteiger charge is -2.33. The number of nitrogens with zero attached hydrogens (tertiary/aromatic N) is 1. The molecule has 0 aliphatic carbocycles. The molecule has 1 heterocycles. The summed E-state index contributed by atoms with van der Waals surface area (Å²) in [6.07, 6.45) is -0.413. The molecule has 1 aliphatic heterocycles. The van der Waals surface area contributed by atoms with Crippen molar-refractivity contribution in [2.75, 3.05) is 19.7 Å². The minimum Gasteiger partial charge on any atom is -0.370 e. The molecule has 1 aliphatic rings. The van der Waals surface area contributed by atoms with Gasteiger partial charge in [-0.2, -0.15) is 0 Å². The minimum atomic E-state index is -0.413. The predicted molar refractivity (Wildman–Crippen MR) is 82.2 cm³/mol. The number of morpholine rings is 1. The van der Waals surface area contributed by atoms with Crippen molar-refractivity contribution in [2.45, 2.75) is 13.0 Å². The Hall–Kier alpha value is -2.20. The van der Waals surface area contributed by atoms with E-state index in [0.717, 1.165) is 5.56 Å². The summed E-state index contributed by atoms with van der Waals surface area (Å²) in [6.45, 7) is 3.29. The van der Waals surface area contributed by atoms with Gasteiger partial charge in [-0.25, -0.2) is 4.39 Å². The number of hydrogen-bond donors (Lipinski definition) is 0. The maximum atomic E-state index is 13.9. The Morgan fingerprint density at radius 2 is 1.91 bits per heavy atom. The van der Waals surface area contributed by atoms with E-state index in [1.165, 1.54) is 6.07 Å². The Morgan fingerprint density at radius 1 is 1.18 bits per heavy atom. The van der Waals surface area contributed by atoms with Gasteiger partial charge in [-0.1, -0.05) is 35.9 Å². The van der Waals surface area contributed by atoms with E-state index >= 15 is 0 Å². The van der Waals surface area contributed by atoms with Crippen LogP contribution in [0.25, 0.3) is 0 Å². The van der Waals surface area contributed by atoms with Crippen molar-refractivity contribution in [3.8, 4) is 0 Å². The highest BCUT2D eigenvalue weighted by Crippen LogP contribution is 2.25. The first-order chi connectivity index (χ1) is 10.6. The second-order valence-electron chi connectivity index (χ2n) is 5.50. The molecule has 1 fully saturated rings. The van der Waals surface area contributed by atoms with E-state index < -0.39 is 6.10 Å². The predicted octanol–water partition coefficient (Wildman–Crippen LogP) is 3.35. The largest absolute Gasteiger partial charge is 0.370 e. The molecule has 0 N–H and O–H groups in total. The molecule has 1 unspecified atom stereocenters. The third-order valence-corrected chi connectivity index (χ3v) is 3.90. The Kier molecular flexibility index (Phi) is 4.20. The summed E-state index contributed by atoms with van der Waals surface area (Å²) in [5.74, 6) is -0.332. The van der Waals surface area contributed by atoms with Crippen LogP contribution in [0.15, 0.2) is 48.5 Å². The minimum absolute atomic E-state index is 0.0374. The van der Waals surface area contributed by atoms with Gasteiger partial charge in [0.15, 0.2) is 0 Å². The number of benzene rings is 2. The SMILES string of the molecule is Cc1ccc(C(=O)N2CCOC(c3ccccc3F)C2)cc1. The summed E-state index contributed by atoms with van der Waals surface area (Å²) in [4.78, 5) is 14.3. The molecule has 1 amide bonds. The van der Waals surface area contributed by atoms with Crippen molar-refractivity contribution in [3.63, 3.8) is 0 Å². The fourth-order valence-corrected chi connectivity index (χ4v) is 2.64. The summed E-state index contributed by atoms with van der Waals surface area (Å²) in [6, 6.07) is 14.0. The number of rotatable bonds is 2. The van der Waals surface area contributed by atoms with E-state index in [2.05, 4.69) is 0 Å². The zero-order valence-electron chi connectivity index (χ0n) is 12.5. The van der Waals surface area contributed by atoms with Gasteiger partial charge >= 0.3 is 0 Å². The number of carbonyl (C=O) groups is 1. The van der Waals surface area contributed by atoms with Crippen LogP contribution in [0, 0.1) is 12.7 Å². The van der Waals surface area contributed by atoms with E-state index in [4.69, 9.17) is 4.74 Å². The third-order valence-electron chi connectivity index (χ3n) is 3.90. The van der Waals surface area contributed by atoms with Crippen LogP contribution in [0.3, 0.4) is 0 Å². The van der Waals surface area contributed by atoms with Crippen molar-refractivity contribution in [1.29, 1.82) is 0 Å². The van der Waals surface area contributed by atoms with Gasteiger partial charge in [-0.15, -0.1) is 0 Å². The molecular weight excluding hydrogens is 281 g/mol. The van der Waals surface area contributed by atoms with Crippen LogP contribution in [0.5, 0.6) is 0 Å². The lowest BCUT2D eigenvalue weighted by atomic mass is 10.1. The van der Waals surface area contributed by atoms with Crippen molar-refractivity contribution in [3.05, 3.63) is 71.0 Å². The van der Waals surface area contributed by atoms with E-state index in [0.29, 0.717) is 30.8 Å². The molecule has 22 heavy (non-hydrogen) atoms. The Morgan fingerprint density at radius 3 is 2.64 bits per heavy atom. The summed E-state index contributed by atoms with van der Waals surface area (Å²) in [7, 11) is 0. The summed E-state index contributed by atoms with van der Waals surface area (Å²) in [5, 5.41) is 0. The number of aryl methyl sites for hydroxylation is 1. The fourth-order valence-electron chi connectivity index (χ4n) is 2.64. The molecule has 0 aromatic heterocycles. The summed E-state index contributed by atoms with van der Waals surface area (Å²) < 4.78 is 19.5. The van der Waals surface area contributed by atoms with Crippen LogP contribution in [0.4, 0.5) is 4.39 Å². The molecule has 0 bridgehead atoms. The summed E-state index contributed by atoms with van der Waals surface area (Å²) >= 11 is 0. The molecule has 4 heteroatoms. The highest BCUT2D eigenvalue weighted by Gasteiger charge is 2.27. The molecule has 1 saturated heterocycles. The Balaban J connectivity index is 1.77. The van der Waals surface area contributed by atoms with Gasteiger partial charge in [0.25, 0.3) is 5.91 Å². The van der Waals surface area contributed by atoms with Gasteiger partial charge in [-0.3, -0.25) is 4.79 Å². The van der Waals surface area contributed by atoms with Gasteiger partial charge in [0.1, 0.15) is 11.9 Å². The van der Waals surface area contributed by atoms with Gasteiger partial charge in [0, 0.05) is 17.7 Å². The topological polar surface area (TPSA) is 29.5 Å². The lowest BCUT2D eigenvalue weighted by molar-refractivity contribution is -0.0243. The van der Waals surface area contributed by atoms with Crippen LogP contribution >= 0.6 is 0 Å². The molecule has 2 aromatic rings. The molecule has 1 atom stereocenters. The highest BCUT2D eigenvalue weighted by atomic mass is 19.1. The standard InChI is InChI=1S/C18H18FNO2/c1-13-6-8-14(9-7-13)18(21)20-10-11-22-17(12-20)15-4-2-3-5-16(15)19/h2-9,17H,10-12H2,1H3. The molecule has 2 aromatic carbocycles. The first kappa shape index (κ1) is 14.7. The fraction of sp³-hybridized carbons (Fsp3) is 0.278. The van der Waals surface area contributed by atoms with Crippen LogP contribution in [0.2, 0.25) is 0 Å². The van der Waals surface area contributed by atoms with Crippen LogP contribution in [0.1, 0.15) is 27.6 Å². The first-order valence-electron chi connectivity index (χ1n) is 7.37. The second kappa shape index (κ2) is 6.28. The molecule has 3 rings (SSSR count). The van der Waals surface area contributed by atoms with E-state index in [-0.39, 0.29) is 11.7 Å². The highest BCUT2D eigenvalue weighted by molar-refractivity contribution is 5.94. The second-order valence-corrected chi connectivity index (χ2v) is 5.50. The van der Waals surface area contributed by atoms with Gasteiger partial charge in [0.2, 0.25) is 0 Å². The van der Waals surface area contributed by atoms with Crippen molar-refractivity contribution in [2.24, 2.45) is 0 Å². The number of ether oxygens (including phenoxy) is 1. The van der Waals surface area contributed by atoms with E-state index in [1.54, 1.807) is 23.1 Å². The van der Waals surface area contributed by atoms with E-state index in [9.17, 15) is 9.18 Å². The first-order valence-corrected chi connectivity index (χ1v) is 7.37. The average molecular weight is 299 g/mol. The smallest absolute Gasteiger partial charge is 0.254 e. The lowest BCUT2D eigenvalue weighted by Crippen LogP contribution is -2.42. The molecular formula is C18H18FNO2.